The maximum absolute atomic E-state index is 13.3. The number of piperazine rings is 1. The number of hydrogen-bond donors (Lipinski definition) is 0. The molecule has 2 aromatic carbocycles. The van der Waals surface area contributed by atoms with E-state index in [-0.39, 0.29) is 17.5 Å². The molecule has 188 valence electrons. The van der Waals surface area contributed by atoms with Gasteiger partial charge in [-0.25, -0.2) is 4.98 Å². The number of nitrogens with zero attached hydrogens (tertiary/aromatic N) is 6. The number of carbonyl (C=O) groups is 1. The highest BCUT2D eigenvalue weighted by atomic mass is 35.5. The molecule has 0 N–H and O–H groups in total. The molecule has 0 spiro atoms. The first-order chi connectivity index (χ1) is 17.5. The van der Waals surface area contributed by atoms with E-state index >= 15 is 0 Å². The first kappa shape index (κ1) is 24.5. The molecule has 2 fully saturated rings. The molecule has 2 aliphatic heterocycles. The zero-order valence-corrected chi connectivity index (χ0v) is 21.3. The number of amides is 1. The van der Waals surface area contributed by atoms with E-state index in [1.54, 1.807) is 12.1 Å². The zero-order chi connectivity index (χ0) is 25.1. The van der Waals surface area contributed by atoms with Crippen LogP contribution in [0.15, 0.2) is 48.5 Å². The molecule has 3 heterocycles. The van der Waals surface area contributed by atoms with Gasteiger partial charge in [-0.2, -0.15) is 4.37 Å². The molecule has 36 heavy (non-hydrogen) atoms. The first-order valence-electron chi connectivity index (χ1n) is 12.1. The van der Waals surface area contributed by atoms with E-state index in [1.165, 1.54) is 23.7 Å². The number of anilines is 2. The van der Waals surface area contributed by atoms with Crippen LogP contribution in [0.25, 0.3) is 0 Å². The van der Waals surface area contributed by atoms with E-state index in [0.29, 0.717) is 44.2 Å². The van der Waals surface area contributed by atoms with E-state index in [4.69, 9.17) is 16.6 Å². The highest BCUT2D eigenvalue weighted by Gasteiger charge is 2.32. The molecule has 0 bridgehead atoms. The van der Waals surface area contributed by atoms with E-state index in [2.05, 4.69) is 14.2 Å². The lowest BCUT2D eigenvalue weighted by Crippen LogP contribution is -2.52. The summed E-state index contributed by atoms with van der Waals surface area (Å²) < 4.78 is 4.54. The van der Waals surface area contributed by atoms with E-state index in [1.807, 2.05) is 29.2 Å². The summed E-state index contributed by atoms with van der Waals surface area (Å²) in [5, 5.41) is 12.5. The molecule has 1 amide bonds. The van der Waals surface area contributed by atoms with Crippen LogP contribution in [0.1, 0.15) is 24.2 Å². The van der Waals surface area contributed by atoms with Crippen molar-refractivity contribution in [1.29, 1.82) is 0 Å². The molecule has 0 aliphatic carbocycles. The molecule has 1 unspecified atom stereocenters. The largest absolute Gasteiger partial charge is 0.368 e. The molecule has 3 aromatic rings. The van der Waals surface area contributed by atoms with E-state index in [0.717, 1.165) is 41.6 Å². The fourth-order valence-electron chi connectivity index (χ4n) is 4.81. The number of rotatable bonds is 6. The van der Waals surface area contributed by atoms with Crippen LogP contribution < -0.4 is 9.80 Å². The fraction of sp³-hybridized carbons (Fsp3) is 0.400. The average molecular weight is 527 g/mol. The molecule has 0 radical (unpaired) electrons. The van der Waals surface area contributed by atoms with Crippen LogP contribution in [0, 0.1) is 16.0 Å². The second-order valence-corrected chi connectivity index (χ2v) is 10.3. The summed E-state index contributed by atoms with van der Waals surface area (Å²) in [6.45, 7) is 4.27. The summed E-state index contributed by atoms with van der Waals surface area (Å²) in [5.74, 6) is 0.940. The number of piperidine rings is 1. The number of non-ortho nitro benzene ring substituents is 1. The van der Waals surface area contributed by atoms with Gasteiger partial charge in [0.1, 0.15) is 5.82 Å². The predicted octanol–water partition coefficient (Wildman–Crippen LogP) is 4.26. The van der Waals surface area contributed by atoms with Gasteiger partial charge in [-0.1, -0.05) is 23.7 Å². The quantitative estimate of drug-likeness (QED) is 0.350. The molecule has 0 saturated carbocycles. The Morgan fingerprint density at radius 2 is 1.75 bits per heavy atom. The van der Waals surface area contributed by atoms with Gasteiger partial charge in [0.25, 0.3) is 5.69 Å². The van der Waals surface area contributed by atoms with Crippen molar-refractivity contribution in [1.82, 2.24) is 14.3 Å². The fourth-order valence-corrected chi connectivity index (χ4v) is 5.66. The second kappa shape index (κ2) is 10.8. The van der Waals surface area contributed by atoms with Crippen molar-refractivity contribution in [3.05, 3.63) is 75.1 Å². The van der Waals surface area contributed by atoms with Gasteiger partial charge in [0.15, 0.2) is 0 Å². The van der Waals surface area contributed by atoms with Crippen LogP contribution >= 0.6 is 23.1 Å². The van der Waals surface area contributed by atoms with Gasteiger partial charge in [0, 0.05) is 80.1 Å². The highest BCUT2D eigenvalue weighted by molar-refractivity contribution is 7.09. The van der Waals surface area contributed by atoms with Crippen molar-refractivity contribution in [2.24, 2.45) is 5.92 Å². The van der Waals surface area contributed by atoms with Gasteiger partial charge in [0.05, 0.1) is 10.8 Å². The van der Waals surface area contributed by atoms with Crippen molar-refractivity contribution in [2.45, 2.75) is 19.3 Å². The van der Waals surface area contributed by atoms with Gasteiger partial charge in [-0.3, -0.25) is 14.9 Å². The minimum absolute atomic E-state index is 0.0479. The minimum atomic E-state index is -0.393. The summed E-state index contributed by atoms with van der Waals surface area (Å²) >= 11 is 7.37. The molecule has 1 aromatic heterocycles. The summed E-state index contributed by atoms with van der Waals surface area (Å²) in [4.78, 5) is 34.9. The summed E-state index contributed by atoms with van der Waals surface area (Å²) in [6, 6.07) is 14.3. The van der Waals surface area contributed by atoms with E-state index < -0.39 is 4.92 Å². The van der Waals surface area contributed by atoms with Crippen molar-refractivity contribution in [3.63, 3.8) is 0 Å². The van der Waals surface area contributed by atoms with Crippen molar-refractivity contribution in [3.8, 4) is 0 Å². The SMILES string of the molecule is O=C(C1CCCN(c2nc(Cc3ccc(Cl)cc3)ns2)C1)N1CCN(c2ccc([N+](=O)[O-])cc2)CC1. The predicted molar refractivity (Wildman–Crippen MR) is 141 cm³/mol. The van der Waals surface area contributed by atoms with Crippen molar-refractivity contribution in [2.75, 3.05) is 49.1 Å². The maximum atomic E-state index is 13.3. The molecule has 11 heteroatoms. The van der Waals surface area contributed by atoms with Crippen LogP contribution in [0.3, 0.4) is 0 Å². The Balaban J connectivity index is 1.15. The summed E-state index contributed by atoms with van der Waals surface area (Å²) in [5.41, 5.74) is 2.15. The molecule has 2 aliphatic rings. The lowest BCUT2D eigenvalue weighted by Gasteiger charge is -2.39. The Kier molecular flexibility index (Phi) is 7.33. The Morgan fingerprint density at radius 3 is 2.44 bits per heavy atom. The highest BCUT2D eigenvalue weighted by Crippen LogP contribution is 2.27. The second-order valence-electron chi connectivity index (χ2n) is 9.17. The van der Waals surface area contributed by atoms with Crippen molar-refractivity contribution >= 4 is 45.5 Å². The standard InChI is InChI=1S/C25H27ClN6O3S/c26-20-5-3-18(4-6-20)16-23-27-25(36-28-23)31-11-1-2-19(17-31)24(33)30-14-12-29(13-15-30)21-7-9-22(10-8-21)32(34)35/h3-10,19H,1-2,11-17H2. The number of carbonyl (C=O) groups excluding carboxylic acids is 1. The van der Waals surface area contributed by atoms with Crippen LogP contribution in [-0.2, 0) is 11.2 Å². The normalized spacial score (nSPS) is 18.4. The van der Waals surface area contributed by atoms with Gasteiger partial charge >= 0.3 is 0 Å². The van der Waals surface area contributed by atoms with Crippen LogP contribution in [-0.4, -0.2) is 64.4 Å². The number of halogens is 1. The van der Waals surface area contributed by atoms with Crippen LogP contribution in [0.4, 0.5) is 16.5 Å². The summed E-state index contributed by atoms with van der Waals surface area (Å²) in [6.07, 6.45) is 2.49. The number of hydrogen-bond acceptors (Lipinski definition) is 8. The molecule has 9 nitrogen and oxygen atoms in total. The van der Waals surface area contributed by atoms with Gasteiger partial charge in [0.2, 0.25) is 11.0 Å². The number of aromatic nitrogens is 2. The summed E-state index contributed by atoms with van der Waals surface area (Å²) in [7, 11) is 0. The molecule has 2 saturated heterocycles. The molecule has 1 atom stereocenters. The third-order valence-electron chi connectivity index (χ3n) is 6.79. The number of benzene rings is 2. The lowest BCUT2D eigenvalue weighted by atomic mass is 9.96. The zero-order valence-electron chi connectivity index (χ0n) is 19.8. The van der Waals surface area contributed by atoms with Gasteiger partial charge < -0.3 is 14.7 Å². The molecular weight excluding hydrogens is 500 g/mol. The third-order valence-corrected chi connectivity index (χ3v) is 7.86. The number of nitro groups is 1. The Hall–Kier alpha value is -3.24. The monoisotopic (exact) mass is 526 g/mol. The Bertz CT molecular complexity index is 1210. The Morgan fingerprint density at radius 1 is 1.03 bits per heavy atom. The first-order valence-corrected chi connectivity index (χ1v) is 13.2. The third kappa shape index (κ3) is 5.60. The number of nitro benzene ring substituents is 1. The van der Waals surface area contributed by atoms with Crippen molar-refractivity contribution < 1.29 is 9.72 Å². The average Bonchev–Trinajstić information content (AvgIpc) is 3.38. The minimum Gasteiger partial charge on any atom is -0.368 e. The molecular formula is C25H27ClN6O3S. The lowest BCUT2D eigenvalue weighted by molar-refractivity contribution is -0.384. The van der Waals surface area contributed by atoms with E-state index in [9.17, 15) is 14.9 Å². The van der Waals surface area contributed by atoms with Crippen LogP contribution in [0.5, 0.6) is 0 Å². The topological polar surface area (TPSA) is 95.7 Å². The molecule has 5 rings (SSSR count). The Labute approximate surface area is 218 Å². The van der Waals surface area contributed by atoms with Gasteiger partial charge in [-0.05, 0) is 42.7 Å². The smallest absolute Gasteiger partial charge is 0.269 e. The van der Waals surface area contributed by atoms with Gasteiger partial charge in [-0.15, -0.1) is 0 Å². The maximum Gasteiger partial charge on any atom is 0.269 e. The van der Waals surface area contributed by atoms with Crippen LogP contribution in [0.2, 0.25) is 5.02 Å².